The number of hydrogen-bond acceptors (Lipinski definition) is 3. The van der Waals surface area contributed by atoms with E-state index in [1.807, 2.05) is 30.0 Å². The fourth-order valence-electron chi connectivity index (χ4n) is 2.15. The van der Waals surface area contributed by atoms with E-state index in [9.17, 15) is 9.59 Å². The van der Waals surface area contributed by atoms with Crippen molar-refractivity contribution >= 4 is 23.5 Å². The van der Waals surface area contributed by atoms with Gasteiger partial charge in [-0.25, -0.2) is 0 Å². The molecule has 0 bridgehead atoms. The second kappa shape index (κ2) is 5.57. The number of ketones is 1. The Morgan fingerprint density at radius 3 is 2.94 bits per heavy atom. The van der Waals surface area contributed by atoms with E-state index in [0.717, 1.165) is 18.6 Å². The summed E-state index contributed by atoms with van der Waals surface area (Å²) in [5.74, 6) is -0.327. The van der Waals surface area contributed by atoms with Crippen molar-refractivity contribution in [3.05, 3.63) is 29.3 Å². The van der Waals surface area contributed by atoms with Crippen molar-refractivity contribution in [2.24, 2.45) is 5.92 Å². The van der Waals surface area contributed by atoms with Gasteiger partial charge in [-0.3, -0.25) is 9.59 Å². The minimum Gasteiger partial charge on any atom is -0.481 e. The molecule has 1 aliphatic rings. The third-order valence-corrected chi connectivity index (χ3v) is 4.32. The van der Waals surface area contributed by atoms with Crippen LogP contribution in [0.2, 0.25) is 0 Å². The number of rotatable bonds is 4. The Morgan fingerprint density at radius 1 is 1.44 bits per heavy atom. The number of Topliss-reactive ketones (excluding diaryl/α,β-unsaturated/α-hetero) is 1. The maximum atomic E-state index is 12.1. The molecule has 2 rings (SSSR count). The summed E-state index contributed by atoms with van der Waals surface area (Å²) in [4.78, 5) is 24.0. The highest BCUT2D eigenvalue weighted by Crippen LogP contribution is 2.31. The first-order valence-electron chi connectivity index (χ1n) is 6.09. The summed E-state index contributed by atoms with van der Waals surface area (Å²) in [7, 11) is 0. The largest absolute Gasteiger partial charge is 0.481 e. The zero-order valence-electron chi connectivity index (χ0n) is 10.3. The number of carboxylic acid groups (broad SMARTS) is 1. The van der Waals surface area contributed by atoms with Crippen molar-refractivity contribution in [2.75, 3.05) is 5.75 Å². The quantitative estimate of drug-likeness (QED) is 0.849. The van der Waals surface area contributed by atoms with Crippen LogP contribution < -0.4 is 0 Å². The van der Waals surface area contributed by atoms with Crippen LogP contribution in [0.5, 0.6) is 0 Å². The lowest BCUT2D eigenvalue weighted by Gasteiger charge is -2.16. The first kappa shape index (κ1) is 13.1. The van der Waals surface area contributed by atoms with E-state index < -0.39 is 11.9 Å². The molecule has 0 saturated carbocycles. The molecule has 1 aromatic rings. The lowest BCUT2D eigenvalue weighted by atomic mass is 9.94. The molecular weight excluding hydrogens is 248 g/mol. The number of fused-ring (bicyclic) bond motifs is 1. The molecule has 0 spiro atoms. The van der Waals surface area contributed by atoms with E-state index in [2.05, 4.69) is 0 Å². The third-order valence-electron chi connectivity index (χ3n) is 3.12. The Bertz CT molecular complexity index is 482. The molecule has 1 unspecified atom stereocenters. The van der Waals surface area contributed by atoms with Gasteiger partial charge in [-0.2, -0.15) is 0 Å². The molecule has 1 aliphatic heterocycles. The summed E-state index contributed by atoms with van der Waals surface area (Å²) >= 11 is 1.82. The third kappa shape index (κ3) is 2.93. The normalized spacial score (nSPS) is 15.8. The molecule has 0 radical (unpaired) electrons. The number of thioether (sulfide) groups is 1. The van der Waals surface area contributed by atoms with Gasteiger partial charge in [-0.1, -0.05) is 13.0 Å². The maximum absolute atomic E-state index is 12.1. The highest BCUT2D eigenvalue weighted by atomic mass is 32.2. The van der Waals surface area contributed by atoms with Crippen LogP contribution in [0.3, 0.4) is 0 Å². The van der Waals surface area contributed by atoms with Gasteiger partial charge in [0.25, 0.3) is 0 Å². The van der Waals surface area contributed by atoms with Crippen LogP contribution in [0, 0.1) is 5.92 Å². The smallest absolute Gasteiger partial charge is 0.304 e. The Morgan fingerprint density at radius 2 is 2.22 bits per heavy atom. The Balaban J connectivity index is 2.18. The summed E-state index contributed by atoms with van der Waals surface area (Å²) in [5, 5.41) is 8.72. The van der Waals surface area contributed by atoms with Gasteiger partial charge >= 0.3 is 5.97 Å². The highest BCUT2D eigenvalue weighted by Gasteiger charge is 2.20. The van der Waals surface area contributed by atoms with Gasteiger partial charge in [-0.05, 0) is 36.3 Å². The van der Waals surface area contributed by atoms with Crippen LogP contribution in [-0.2, 0) is 11.2 Å². The molecule has 1 heterocycles. The van der Waals surface area contributed by atoms with E-state index in [0.29, 0.717) is 5.56 Å². The van der Waals surface area contributed by atoms with Crippen molar-refractivity contribution in [2.45, 2.75) is 31.1 Å². The summed E-state index contributed by atoms with van der Waals surface area (Å²) in [6.07, 6.45) is 2.04. The van der Waals surface area contributed by atoms with Gasteiger partial charge in [0.1, 0.15) is 0 Å². The molecule has 3 nitrogen and oxygen atoms in total. The maximum Gasteiger partial charge on any atom is 0.304 e. The fourth-order valence-corrected chi connectivity index (χ4v) is 3.17. The standard InChI is InChI=1S/C14H16O3S/c1-9(7-13(15)16)14(17)11-4-5-12-10(8-11)3-2-6-18-12/h4-5,8-9H,2-3,6-7H2,1H3,(H,15,16). The topological polar surface area (TPSA) is 54.4 Å². The van der Waals surface area contributed by atoms with Crippen LogP contribution in [0.1, 0.15) is 35.7 Å². The van der Waals surface area contributed by atoms with Crippen LogP contribution in [0.4, 0.5) is 0 Å². The van der Waals surface area contributed by atoms with Crippen molar-refractivity contribution in [1.82, 2.24) is 0 Å². The van der Waals surface area contributed by atoms with Gasteiger partial charge in [-0.15, -0.1) is 11.8 Å². The predicted molar refractivity (Wildman–Crippen MR) is 71.2 cm³/mol. The number of carbonyl (C=O) groups is 2. The van der Waals surface area contributed by atoms with Crippen LogP contribution in [-0.4, -0.2) is 22.6 Å². The molecule has 1 aromatic carbocycles. The number of carbonyl (C=O) groups excluding carboxylic acids is 1. The van der Waals surface area contributed by atoms with E-state index in [-0.39, 0.29) is 12.2 Å². The van der Waals surface area contributed by atoms with Crippen LogP contribution in [0.15, 0.2) is 23.1 Å². The second-order valence-corrected chi connectivity index (χ2v) is 5.77. The minimum atomic E-state index is -0.927. The molecule has 18 heavy (non-hydrogen) atoms. The molecule has 4 heteroatoms. The van der Waals surface area contributed by atoms with Crippen molar-refractivity contribution in [1.29, 1.82) is 0 Å². The average molecular weight is 264 g/mol. The molecule has 0 amide bonds. The molecule has 1 N–H and O–H groups in total. The van der Waals surface area contributed by atoms with Gasteiger partial charge < -0.3 is 5.11 Å². The lowest BCUT2D eigenvalue weighted by molar-refractivity contribution is -0.137. The zero-order chi connectivity index (χ0) is 13.1. The van der Waals surface area contributed by atoms with Gasteiger partial charge in [0, 0.05) is 16.4 Å². The van der Waals surface area contributed by atoms with Crippen molar-refractivity contribution in [3.63, 3.8) is 0 Å². The highest BCUT2D eigenvalue weighted by molar-refractivity contribution is 7.99. The number of benzene rings is 1. The molecule has 0 fully saturated rings. The lowest BCUT2D eigenvalue weighted by Crippen LogP contribution is -2.16. The summed E-state index contributed by atoms with van der Waals surface area (Å²) < 4.78 is 0. The molecular formula is C14H16O3S. The molecule has 0 saturated heterocycles. The van der Waals surface area contributed by atoms with Gasteiger partial charge in [0.2, 0.25) is 0 Å². The van der Waals surface area contributed by atoms with Crippen molar-refractivity contribution < 1.29 is 14.7 Å². The monoisotopic (exact) mass is 264 g/mol. The van der Waals surface area contributed by atoms with Gasteiger partial charge in [0.15, 0.2) is 5.78 Å². The predicted octanol–water partition coefficient (Wildman–Crippen LogP) is 3.02. The van der Waals surface area contributed by atoms with Crippen LogP contribution in [0.25, 0.3) is 0 Å². The van der Waals surface area contributed by atoms with E-state index in [4.69, 9.17) is 5.11 Å². The number of hydrogen-bond donors (Lipinski definition) is 1. The number of carboxylic acids is 1. The second-order valence-electron chi connectivity index (χ2n) is 4.64. The molecule has 1 atom stereocenters. The minimum absolute atomic E-state index is 0.0734. The summed E-state index contributed by atoms with van der Waals surface area (Å²) in [6.45, 7) is 1.67. The van der Waals surface area contributed by atoms with E-state index in [1.54, 1.807) is 6.92 Å². The molecule has 0 aromatic heterocycles. The van der Waals surface area contributed by atoms with E-state index >= 15 is 0 Å². The van der Waals surface area contributed by atoms with E-state index in [1.165, 1.54) is 10.5 Å². The van der Waals surface area contributed by atoms with Crippen molar-refractivity contribution in [3.8, 4) is 0 Å². The first-order chi connectivity index (χ1) is 8.58. The average Bonchev–Trinajstić information content (AvgIpc) is 2.36. The first-order valence-corrected chi connectivity index (χ1v) is 7.08. The van der Waals surface area contributed by atoms with Crippen LogP contribution >= 0.6 is 11.8 Å². The SMILES string of the molecule is CC(CC(=O)O)C(=O)c1ccc2c(c1)CCCS2. The Labute approximate surface area is 111 Å². The molecule has 0 aliphatic carbocycles. The Kier molecular flexibility index (Phi) is 4.07. The fraction of sp³-hybridized carbons (Fsp3) is 0.429. The Hall–Kier alpha value is -1.29. The summed E-state index contributed by atoms with van der Waals surface area (Å²) in [6, 6.07) is 5.74. The number of aryl methyl sites for hydroxylation is 1. The van der Waals surface area contributed by atoms with Gasteiger partial charge in [0.05, 0.1) is 6.42 Å². The molecule has 96 valence electrons. The number of aliphatic carboxylic acids is 1. The zero-order valence-corrected chi connectivity index (χ0v) is 11.1. The summed E-state index contributed by atoms with van der Waals surface area (Å²) in [5.41, 5.74) is 1.87.